The second-order valence-electron chi connectivity index (χ2n) is 18.3. The third-order valence-electron chi connectivity index (χ3n) is 12.6. The molecule has 4 heterocycles. The molecule has 10 nitrogen and oxygen atoms in total. The molecule has 4 aromatic rings. The molecule has 4 aromatic carbocycles. The highest BCUT2D eigenvalue weighted by Crippen LogP contribution is 2.54. The fourth-order valence-electron chi connectivity index (χ4n) is 9.69. The molecule has 0 radical (unpaired) electrons. The van der Waals surface area contributed by atoms with Crippen molar-refractivity contribution in [2.24, 2.45) is 33.3 Å². The van der Waals surface area contributed by atoms with Gasteiger partial charge >= 0.3 is 0 Å². The van der Waals surface area contributed by atoms with E-state index in [-0.39, 0.29) is 11.2 Å². The number of aryl methyl sites for hydroxylation is 2. The van der Waals surface area contributed by atoms with Crippen molar-refractivity contribution >= 4 is 27.8 Å². The molecule has 0 saturated heterocycles. The topological polar surface area (TPSA) is 120 Å². The lowest BCUT2D eigenvalue weighted by Gasteiger charge is -2.45. The Morgan fingerprint density at radius 3 is 1.57 bits per heavy atom. The zero-order valence-corrected chi connectivity index (χ0v) is 38.9. The summed E-state index contributed by atoms with van der Waals surface area (Å²) in [5, 5.41) is 3.13. The number of ether oxygens (including phenoxy) is 2. The summed E-state index contributed by atoms with van der Waals surface area (Å²) in [4.78, 5) is 22.2. The number of rotatable bonds is 0. The molecule has 0 bridgehead atoms. The van der Waals surface area contributed by atoms with Gasteiger partial charge in [-0.15, -0.1) is 12.3 Å². The van der Waals surface area contributed by atoms with Gasteiger partial charge in [-0.25, -0.2) is 29.8 Å². The van der Waals surface area contributed by atoms with Crippen molar-refractivity contribution in [2.45, 2.75) is 115 Å². The van der Waals surface area contributed by atoms with Crippen LogP contribution in [0.1, 0.15) is 105 Å². The number of hydrogen-bond acceptors (Lipinski definition) is 10. The molecule has 6 aliphatic rings. The highest BCUT2D eigenvalue weighted by molar-refractivity contribution is 9.10. The fourth-order valence-corrected chi connectivity index (χ4v) is 10.0. The van der Waals surface area contributed by atoms with E-state index in [9.17, 15) is 0 Å². The lowest BCUT2D eigenvalue weighted by Crippen LogP contribution is -2.49. The van der Waals surface area contributed by atoms with E-state index >= 15 is 0 Å². The second-order valence-corrected chi connectivity index (χ2v) is 19.2. The largest absolute Gasteiger partial charge is 0.486 e. The summed E-state index contributed by atoms with van der Waals surface area (Å²) >= 11 is 3.57. The quantitative estimate of drug-likeness (QED) is 0.168. The molecule has 0 fully saturated rings. The Bertz CT molecular complexity index is 2540. The zero-order chi connectivity index (χ0) is 44.6. The predicted octanol–water partition coefficient (Wildman–Crippen LogP) is 9.31. The van der Waals surface area contributed by atoms with E-state index in [1.165, 1.54) is 22.3 Å². The average Bonchev–Trinajstić information content (AvgIpc) is 3.51. The molecule has 328 valence electrons. The average molecular weight is 912 g/mol. The molecule has 4 spiro atoms. The van der Waals surface area contributed by atoms with Gasteiger partial charge in [-0.05, 0) is 97.2 Å². The molecule has 2 aliphatic carbocycles. The normalized spacial score (nSPS) is 26.2. The lowest BCUT2D eigenvalue weighted by atomic mass is 9.79. The Balaban J connectivity index is 0.000000157. The first-order valence-corrected chi connectivity index (χ1v) is 22.9. The number of hydroxylamine groups is 4. The van der Waals surface area contributed by atoms with Crippen LogP contribution < -0.4 is 20.9 Å². The van der Waals surface area contributed by atoms with Crippen LogP contribution in [0.15, 0.2) is 99.4 Å². The van der Waals surface area contributed by atoms with Crippen molar-refractivity contribution in [1.29, 1.82) is 0 Å². The van der Waals surface area contributed by atoms with Crippen molar-refractivity contribution in [3.05, 3.63) is 128 Å². The fraction of sp³-hybridized carbons (Fsp3) is 0.423. The van der Waals surface area contributed by atoms with Gasteiger partial charge in [0.25, 0.3) is 0 Å². The minimum absolute atomic E-state index is 0.304. The van der Waals surface area contributed by atoms with Crippen molar-refractivity contribution in [2.75, 3.05) is 14.1 Å². The van der Waals surface area contributed by atoms with Crippen LogP contribution in [0.4, 0.5) is 0 Å². The summed E-state index contributed by atoms with van der Waals surface area (Å²) in [5.41, 5.74) is 18.1. The standard InChI is InChI=1S/C26H29N3O2.C21H22BrN3O2.C5H8/c1-18(2)10-11-19-12-13-23-22(15-19)26(28-24(27)29(3)31-26)17-25(30-23)14-6-9-20-7-4-5-8-21(20)16-25;1-25-19(23)24-21(27-25)13-20(26-18-9-8-16(22)11-17(18)21)10-4-7-14-5-2-3-6-15(14)12-20;1-4-5(2)3/h4-5,7-8,12-13,15,18H,6,9,14,16-17H2,1-3H3,(H2,27,28);2-3,5-6,8-9,11H,4,7,10,12-13H2,1H3,(H2,23,24);1,5H,2-3H3. The van der Waals surface area contributed by atoms with Crippen molar-refractivity contribution in [3.63, 3.8) is 0 Å². The van der Waals surface area contributed by atoms with Gasteiger partial charge in [0, 0.05) is 61.7 Å². The Labute approximate surface area is 381 Å². The summed E-state index contributed by atoms with van der Waals surface area (Å²) in [6.45, 7) is 8.15. The molecule has 4 atom stereocenters. The Morgan fingerprint density at radius 1 is 0.667 bits per heavy atom. The van der Waals surface area contributed by atoms with Gasteiger partial charge < -0.3 is 20.9 Å². The van der Waals surface area contributed by atoms with Crippen LogP contribution in [0, 0.1) is 36.0 Å². The van der Waals surface area contributed by atoms with Crippen LogP contribution in [0.3, 0.4) is 0 Å². The van der Waals surface area contributed by atoms with Gasteiger partial charge in [0.1, 0.15) is 22.7 Å². The van der Waals surface area contributed by atoms with Crippen LogP contribution in [0.5, 0.6) is 11.5 Å². The van der Waals surface area contributed by atoms with Gasteiger partial charge in [-0.3, -0.25) is 0 Å². The molecular weight excluding hydrogens is 853 g/mol. The Hall–Kier alpha value is -5.46. The van der Waals surface area contributed by atoms with Crippen molar-refractivity contribution < 1.29 is 19.1 Å². The minimum Gasteiger partial charge on any atom is -0.486 e. The molecule has 4 aliphatic heterocycles. The van der Waals surface area contributed by atoms with E-state index in [0.29, 0.717) is 36.6 Å². The maximum Gasteiger partial charge on any atom is 0.222 e. The number of aliphatic imine (C=N–C) groups is 2. The van der Waals surface area contributed by atoms with Crippen LogP contribution in [-0.2, 0) is 46.8 Å². The molecule has 0 aromatic heterocycles. The summed E-state index contributed by atoms with van der Waals surface area (Å²) in [6, 6.07) is 29.5. The van der Waals surface area contributed by atoms with Crippen molar-refractivity contribution in [3.8, 4) is 35.7 Å². The van der Waals surface area contributed by atoms with E-state index in [1.54, 1.807) is 24.2 Å². The number of benzene rings is 4. The van der Waals surface area contributed by atoms with Crippen molar-refractivity contribution in [1.82, 2.24) is 10.1 Å². The van der Waals surface area contributed by atoms with Crippen LogP contribution in [-0.4, -0.2) is 47.3 Å². The summed E-state index contributed by atoms with van der Waals surface area (Å²) in [5.74, 6) is 12.2. The summed E-state index contributed by atoms with van der Waals surface area (Å²) < 4.78 is 14.4. The molecule has 0 saturated carbocycles. The first-order chi connectivity index (χ1) is 30.1. The SMILES string of the molecule is C#CC(C)C.CC(C)C#Cc1ccc2c(c1)C1(CC3(CCCc4ccccc4C3)O2)N=C(N)N(C)O1.CN1OC2(CC3(CCCc4ccccc4C3)Oc3ccc(Br)cc32)N=C1N. The Morgan fingerprint density at radius 2 is 1.13 bits per heavy atom. The van der Waals surface area contributed by atoms with E-state index in [0.717, 1.165) is 84.0 Å². The lowest BCUT2D eigenvalue weighted by molar-refractivity contribution is -0.205. The number of nitrogens with zero attached hydrogens (tertiary/aromatic N) is 4. The minimum atomic E-state index is -0.888. The predicted molar refractivity (Wildman–Crippen MR) is 252 cm³/mol. The van der Waals surface area contributed by atoms with E-state index < -0.39 is 11.4 Å². The number of hydrogen-bond donors (Lipinski definition) is 2. The van der Waals surface area contributed by atoms with E-state index in [1.807, 2.05) is 44.2 Å². The number of fused-ring (bicyclic) bond motifs is 6. The smallest absolute Gasteiger partial charge is 0.222 e. The summed E-state index contributed by atoms with van der Waals surface area (Å²) in [7, 11) is 3.61. The molecule has 63 heavy (non-hydrogen) atoms. The third kappa shape index (κ3) is 9.15. The molecule has 11 heteroatoms. The third-order valence-corrected chi connectivity index (χ3v) is 13.1. The van der Waals surface area contributed by atoms with Crippen LogP contribution in [0.25, 0.3) is 0 Å². The number of guanidine groups is 2. The second kappa shape index (κ2) is 17.6. The van der Waals surface area contributed by atoms with Crippen LogP contribution in [0.2, 0.25) is 0 Å². The van der Waals surface area contributed by atoms with E-state index in [4.69, 9.17) is 47.0 Å². The molecule has 10 rings (SSSR count). The highest BCUT2D eigenvalue weighted by Gasteiger charge is 2.56. The van der Waals surface area contributed by atoms with Gasteiger partial charge in [0.2, 0.25) is 23.4 Å². The number of halogens is 1. The van der Waals surface area contributed by atoms with Gasteiger partial charge in [-0.2, -0.15) is 0 Å². The monoisotopic (exact) mass is 910 g/mol. The Kier molecular flexibility index (Phi) is 12.3. The highest BCUT2D eigenvalue weighted by atomic mass is 79.9. The molecule has 0 amide bonds. The van der Waals surface area contributed by atoms with Gasteiger partial charge in [0.05, 0.1) is 11.1 Å². The first kappa shape index (κ1) is 44.2. The molecular formula is C52H59BrN6O4. The zero-order valence-electron chi connectivity index (χ0n) is 37.3. The van der Waals surface area contributed by atoms with Gasteiger partial charge in [-0.1, -0.05) is 104 Å². The molecule has 4 N–H and O–H groups in total. The van der Waals surface area contributed by atoms with Crippen LogP contribution >= 0.6 is 15.9 Å². The molecule has 4 unspecified atom stereocenters. The summed E-state index contributed by atoms with van der Waals surface area (Å²) in [6.07, 6.45) is 14.1. The first-order valence-electron chi connectivity index (χ1n) is 22.1. The number of terminal acetylenes is 1. The maximum atomic E-state index is 6.78. The van der Waals surface area contributed by atoms with Gasteiger partial charge in [0.15, 0.2) is 0 Å². The van der Waals surface area contributed by atoms with E-state index in [2.05, 4.69) is 102 Å². The number of nitrogens with two attached hydrogens (primary N) is 2. The maximum absolute atomic E-state index is 6.78.